The molecule has 9 heteroatoms. The molecule has 0 saturated carbocycles. The van der Waals surface area contributed by atoms with E-state index in [1.54, 1.807) is 0 Å². The zero-order chi connectivity index (χ0) is 18.8. The van der Waals surface area contributed by atoms with Crippen molar-refractivity contribution in [3.63, 3.8) is 0 Å². The Kier molecular flexibility index (Phi) is 5.32. The normalized spacial score (nSPS) is 11.2. The van der Waals surface area contributed by atoms with E-state index in [1.165, 1.54) is 25.3 Å². The van der Waals surface area contributed by atoms with Gasteiger partial charge < -0.3 is 10.4 Å². The number of carboxylic acids is 1. The number of nitrogens with one attached hydrogen (secondary N) is 1. The lowest BCUT2D eigenvalue weighted by Crippen LogP contribution is -2.21. The van der Waals surface area contributed by atoms with Crippen LogP contribution in [0.25, 0.3) is 0 Å². The quantitative estimate of drug-likeness (QED) is 0.786. The highest BCUT2D eigenvalue weighted by molar-refractivity contribution is 6.33. The van der Waals surface area contributed by atoms with Crippen molar-refractivity contribution in [1.29, 1.82) is 0 Å². The summed E-state index contributed by atoms with van der Waals surface area (Å²) in [4.78, 5) is 27.3. The predicted molar refractivity (Wildman–Crippen MR) is 85.0 cm³/mol. The summed E-state index contributed by atoms with van der Waals surface area (Å²) in [5.41, 5.74) is -2.98. The fraction of sp³-hybridized carbons (Fsp3) is 0.188. The van der Waals surface area contributed by atoms with Crippen LogP contribution in [0.15, 0.2) is 30.5 Å². The molecule has 0 aliphatic carbocycles. The minimum absolute atomic E-state index is 0.00522. The van der Waals surface area contributed by atoms with Gasteiger partial charge >= 0.3 is 12.1 Å². The minimum Gasteiger partial charge on any atom is -0.478 e. The van der Waals surface area contributed by atoms with Crippen LogP contribution in [0.4, 0.5) is 18.9 Å². The van der Waals surface area contributed by atoms with Crippen LogP contribution in [0.3, 0.4) is 0 Å². The molecular formula is C16H12ClF3N2O3. The first-order chi connectivity index (χ1) is 11.7. The van der Waals surface area contributed by atoms with Gasteiger partial charge in [0.1, 0.15) is 5.15 Å². The summed E-state index contributed by atoms with van der Waals surface area (Å²) in [7, 11) is 0. The van der Waals surface area contributed by atoms with Crippen LogP contribution in [-0.4, -0.2) is 22.0 Å². The van der Waals surface area contributed by atoms with Gasteiger partial charge in [0.25, 0.3) is 5.91 Å². The summed E-state index contributed by atoms with van der Waals surface area (Å²) in [6.45, 7) is 1.49. The van der Waals surface area contributed by atoms with E-state index in [0.717, 1.165) is 12.1 Å². The number of carbonyl (C=O) groups excluding carboxylic acids is 1. The Bertz CT molecular complexity index is 838. The second-order valence-corrected chi connectivity index (χ2v) is 5.33. The number of aryl methyl sites for hydroxylation is 1. The molecule has 25 heavy (non-hydrogen) atoms. The summed E-state index contributed by atoms with van der Waals surface area (Å²) in [5, 5.41) is 11.0. The first kappa shape index (κ1) is 18.7. The van der Waals surface area contributed by atoms with Crippen LogP contribution in [0.5, 0.6) is 0 Å². The summed E-state index contributed by atoms with van der Waals surface area (Å²) in [5.74, 6) is -2.58. The summed E-state index contributed by atoms with van der Waals surface area (Å²) in [6, 6.07) is 4.75. The molecule has 2 rings (SSSR count). The van der Waals surface area contributed by atoms with Gasteiger partial charge in [-0.05, 0) is 30.2 Å². The van der Waals surface area contributed by atoms with Gasteiger partial charge in [-0.25, -0.2) is 9.78 Å². The Morgan fingerprint density at radius 3 is 2.44 bits per heavy atom. The maximum Gasteiger partial charge on any atom is 0.418 e. The molecule has 0 aliphatic rings. The standard InChI is InChI=1S/C16H12ClF3N2O3/c1-2-8-5-6-9(15(24)25)12(11(8)16(18,19)20)22-14(23)10-4-3-7-21-13(10)17/h3-7H,2H2,1H3,(H,22,23)(H,24,25). The second kappa shape index (κ2) is 7.10. The number of anilines is 1. The van der Waals surface area contributed by atoms with E-state index in [0.29, 0.717) is 0 Å². The molecule has 1 amide bonds. The Morgan fingerprint density at radius 2 is 1.92 bits per heavy atom. The highest BCUT2D eigenvalue weighted by atomic mass is 35.5. The van der Waals surface area contributed by atoms with Crippen molar-refractivity contribution < 1.29 is 27.9 Å². The molecule has 0 saturated heterocycles. The van der Waals surface area contributed by atoms with Gasteiger partial charge in [0.2, 0.25) is 0 Å². The third-order valence-electron chi connectivity index (χ3n) is 3.43. The van der Waals surface area contributed by atoms with E-state index >= 15 is 0 Å². The SMILES string of the molecule is CCc1ccc(C(=O)O)c(NC(=O)c2cccnc2Cl)c1C(F)(F)F. The summed E-state index contributed by atoms with van der Waals surface area (Å²) < 4.78 is 40.5. The highest BCUT2D eigenvalue weighted by Gasteiger charge is 2.38. The molecule has 5 nitrogen and oxygen atoms in total. The average molecular weight is 373 g/mol. The number of hydrogen-bond acceptors (Lipinski definition) is 3. The Balaban J connectivity index is 2.64. The Labute approximate surface area is 145 Å². The van der Waals surface area contributed by atoms with E-state index in [9.17, 15) is 27.9 Å². The zero-order valence-corrected chi connectivity index (χ0v) is 13.6. The van der Waals surface area contributed by atoms with E-state index < -0.39 is 34.9 Å². The number of halogens is 4. The van der Waals surface area contributed by atoms with Crippen LogP contribution in [-0.2, 0) is 12.6 Å². The van der Waals surface area contributed by atoms with E-state index in [1.807, 2.05) is 5.32 Å². The number of alkyl halides is 3. The first-order valence-electron chi connectivity index (χ1n) is 7.05. The molecule has 0 spiro atoms. The van der Waals surface area contributed by atoms with E-state index in [2.05, 4.69) is 4.98 Å². The van der Waals surface area contributed by atoms with Crippen LogP contribution in [0, 0.1) is 0 Å². The fourth-order valence-electron chi connectivity index (χ4n) is 2.31. The zero-order valence-electron chi connectivity index (χ0n) is 12.8. The number of carboxylic acid groups (broad SMARTS) is 1. The maximum absolute atomic E-state index is 13.5. The molecule has 0 atom stereocenters. The van der Waals surface area contributed by atoms with Crippen molar-refractivity contribution in [2.45, 2.75) is 19.5 Å². The van der Waals surface area contributed by atoms with Gasteiger partial charge in [-0.2, -0.15) is 13.2 Å². The van der Waals surface area contributed by atoms with Crippen molar-refractivity contribution in [3.8, 4) is 0 Å². The molecule has 0 radical (unpaired) electrons. The van der Waals surface area contributed by atoms with Crippen molar-refractivity contribution in [2.75, 3.05) is 5.32 Å². The maximum atomic E-state index is 13.5. The van der Waals surface area contributed by atoms with Crippen molar-refractivity contribution in [2.24, 2.45) is 0 Å². The average Bonchev–Trinajstić information content (AvgIpc) is 2.53. The van der Waals surface area contributed by atoms with Crippen molar-refractivity contribution >= 4 is 29.2 Å². The molecule has 0 aliphatic heterocycles. The molecule has 1 aromatic heterocycles. The molecule has 0 unspecified atom stereocenters. The summed E-state index contributed by atoms with van der Waals surface area (Å²) in [6.07, 6.45) is -3.54. The van der Waals surface area contributed by atoms with Gasteiger partial charge in [-0.15, -0.1) is 0 Å². The van der Waals surface area contributed by atoms with Crippen LogP contribution in [0.2, 0.25) is 5.15 Å². The first-order valence-corrected chi connectivity index (χ1v) is 7.42. The van der Waals surface area contributed by atoms with Gasteiger partial charge in [0, 0.05) is 6.20 Å². The van der Waals surface area contributed by atoms with Crippen molar-refractivity contribution in [1.82, 2.24) is 4.98 Å². The molecule has 0 bridgehead atoms. The number of nitrogens with zero attached hydrogens (tertiary/aromatic N) is 1. The largest absolute Gasteiger partial charge is 0.478 e. The monoisotopic (exact) mass is 372 g/mol. The molecule has 0 fully saturated rings. The number of carbonyl (C=O) groups is 2. The van der Waals surface area contributed by atoms with Crippen LogP contribution < -0.4 is 5.32 Å². The molecule has 132 valence electrons. The number of aromatic carboxylic acids is 1. The smallest absolute Gasteiger partial charge is 0.418 e. The van der Waals surface area contributed by atoms with Crippen molar-refractivity contribution in [3.05, 3.63) is 57.9 Å². The van der Waals surface area contributed by atoms with Crippen LogP contribution in [0.1, 0.15) is 38.8 Å². The van der Waals surface area contributed by atoms with E-state index in [-0.39, 0.29) is 22.7 Å². The molecule has 2 aromatic rings. The summed E-state index contributed by atoms with van der Waals surface area (Å²) >= 11 is 5.77. The highest BCUT2D eigenvalue weighted by Crippen LogP contribution is 2.40. The number of benzene rings is 1. The molecule has 1 heterocycles. The topological polar surface area (TPSA) is 79.3 Å². The van der Waals surface area contributed by atoms with Gasteiger partial charge in [-0.1, -0.05) is 24.6 Å². The number of hydrogen-bond donors (Lipinski definition) is 2. The lowest BCUT2D eigenvalue weighted by atomic mass is 9.98. The number of aromatic nitrogens is 1. The van der Waals surface area contributed by atoms with Gasteiger partial charge in [-0.3, -0.25) is 4.79 Å². The third kappa shape index (κ3) is 3.90. The Morgan fingerprint density at radius 1 is 1.24 bits per heavy atom. The van der Waals surface area contributed by atoms with Crippen LogP contribution >= 0.6 is 11.6 Å². The number of pyridine rings is 1. The number of rotatable bonds is 4. The van der Waals surface area contributed by atoms with Gasteiger partial charge in [0.15, 0.2) is 0 Å². The molecule has 2 N–H and O–H groups in total. The minimum atomic E-state index is -4.85. The lowest BCUT2D eigenvalue weighted by Gasteiger charge is -2.19. The van der Waals surface area contributed by atoms with Gasteiger partial charge in [0.05, 0.1) is 22.4 Å². The van der Waals surface area contributed by atoms with E-state index in [4.69, 9.17) is 11.6 Å². The second-order valence-electron chi connectivity index (χ2n) is 4.97. The lowest BCUT2D eigenvalue weighted by molar-refractivity contribution is -0.137. The third-order valence-corrected chi connectivity index (χ3v) is 3.73. The molecular weight excluding hydrogens is 361 g/mol. The fourth-order valence-corrected chi connectivity index (χ4v) is 2.51. The Hall–Kier alpha value is -2.61. The number of amides is 1. The predicted octanol–water partition coefficient (Wildman–Crippen LogP) is 4.27. The molecule has 1 aromatic carbocycles.